The molecular formula is C29H38N2O2. The molecule has 0 aromatic heterocycles. The van der Waals surface area contributed by atoms with E-state index in [4.69, 9.17) is 4.74 Å². The predicted molar refractivity (Wildman–Crippen MR) is 136 cm³/mol. The summed E-state index contributed by atoms with van der Waals surface area (Å²) in [5.41, 5.74) is 4.04. The molecule has 4 heteroatoms. The van der Waals surface area contributed by atoms with Crippen LogP contribution in [0.15, 0.2) is 66.8 Å². The fourth-order valence-electron chi connectivity index (χ4n) is 5.21. The summed E-state index contributed by atoms with van der Waals surface area (Å²) >= 11 is 0. The van der Waals surface area contributed by atoms with E-state index in [1.54, 1.807) is 0 Å². The van der Waals surface area contributed by atoms with Gasteiger partial charge in [-0.05, 0) is 92.7 Å². The van der Waals surface area contributed by atoms with Crippen LogP contribution in [0.1, 0.15) is 30.0 Å². The summed E-state index contributed by atoms with van der Waals surface area (Å²) in [4.78, 5) is 4.73. The van der Waals surface area contributed by atoms with Crippen LogP contribution < -0.4 is 4.74 Å². The number of phenols is 1. The highest BCUT2D eigenvalue weighted by molar-refractivity contribution is 5.37. The Morgan fingerprint density at radius 1 is 1.00 bits per heavy atom. The number of hydrogen-bond acceptors (Lipinski definition) is 4. The molecule has 0 saturated carbocycles. The Kier molecular flexibility index (Phi) is 7.89. The first kappa shape index (κ1) is 23.6. The number of rotatable bonds is 9. The maximum Gasteiger partial charge on any atom is 0.119 e. The number of ether oxygens (including phenoxy) is 1. The molecule has 0 aliphatic heterocycles. The van der Waals surface area contributed by atoms with Crippen molar-refractivity contribution >= 4 is 0 Å². The number of allylic oxidation sites excluding steroid dienone is 2. The monoisotopic (exact) mass is 446 g/mol. The zero-order valence-electron chi connectivity index (χ0n) is 20.3. The Labute approximate surface area is 199 Å². The summed E-state index contributed by atoms with van der Waals surface area (Å²) in [5.74, 6) is 2.45. The van der Waals surface area contributed by atoms with Crippen LogP contribution in [0.4, 0.5) is 0 Å². The van der Waals surface area contributed by atoms with Crippen molar-refractivity contribution in [3.05, 3.63) is 83.5 Å². The smallest absolute Gasteiger partial charge is 0.119 e. The summed E-state index contributed by atoms with van der Waals surface area (Å²) in [6.07, 6.45) is 12.6. The molecule has 3 atom stereocenters. The van der Waals surface area contributed by atoms with Gasteiger partial charge < -0.3 is 14.7 Å². The van der Waals surface area contributed by atoms with Crippen molar-refractivity contribution in [1.82, 2.24) is 9.80 Å². The van der Waals surface area contributed by atoms with E-state index >= 15 is 0 Å². The predicted octanol–water partition coefficient (Wildman–Crippen LogP) is 5.07. The minimum absolute atomic E-state index is 0.386. The number of benzene rings is 2. The molecule has 2 unspecified atom stereocenters. The Balaban J connectivity index is 1.42. The lowest BCUT2D eigenvalue weighted by atomic mass is 9.73. The van der Waals surface area contributed by atoms with Crippen molar-refractivity contribution in [3.63, 3.8) is 0 Å². The quantitative estimate of drug-likeness (QED) is 0.583. The molecule has 2 aromatic rings. The van der Waals surface area contributed by atoms with Crippen LogP contribution in [0.2, 0.25) is 0 Å². The third-order valence-electron chi connectivity index (χ3n) is 7.09. The fraction of sp³-hybridized carbons (Fsp3) is 0.448. The van der Waals surface area contributed by atoms with Crippen molar-refractivity contribution < 1.29 is 9.84 Å². The van der Waals surface area contributed by atoms with Gasteiger partial charge in [-0.15, -0.1) is 0 Å². The Hall–Kier alpha value is -2.56. The molecule has 0 spiro atoms. The van der Waals surface area contributed by atoms with Crippen LogP contribution in [-0.2, 0) is 19.4 Å². The molecule has 2 aliphatic carbocycles. The van der Waals surface area contributed by atoms with Gasteiger partial charge in [-0.2, -0.15) is 0 Å². The number of aromatic hydroxyl groups is 1. The van der Waals surface area contributed by atoms with Crippen LogP contribution in [-0.4, -0.2) is 54.7 Å². The number of nitrogens with zero attached hydrogens (tertiary/aromatic N) is 2. The highest BCUT2D eigenvalue weighted by atomic mass is 16.5. The first-order chi connectivity index (χ1) is 16.0. The molecular weight excluding hydrogens is 408 g/mol. The van der Waals surface area contributed by atoms with Crippen molar-refractivity contribution in [1.29, 1.82) is 0 Å². The molecule has 4 nitrogen and oxygen atoms in total. The van der Waals surface area contributed by atoms with Crippen molar-refractivity contribution in [3.8, 4) is 11.5 Å². The lowest BCUT2D eigenvalue weighted by Gasteiger charge is -2.40. The fourth-order valence-corrected chi connectivity index (χ4v) is 5.21. The molecule has 0 bridgehead atoms. The minimum Gasteiger partial charge on any atom is -0.508 e. The number of fused-ring (bicyclic) bond motifs is 1. The van der Waals surface area contributed by atoms with Gasteiger partial charge in [0.25, 0.3) is 0 Å². The van der Waals surface area contributed by atoms with E-state index in [0.717, 1.165) is 38.2 Å². The van der Waals surface area contributed by atoms with E-state index in [0.29, 0.717) is 30.2 Å². The van der Waals surface area contributed by atoms with Gasteiger partial charge in [-0.1, -0.05) is 49.4 Å². The van der Waals surface area contributed by atoms with E-state index < -0.39 is 0 Å². The van der Waals surface area contributed by atoms with Crippen LogP contribution in [0.3, 0.4) is 0 Å². The molecule has 0 amide bonds. The van der Waals surface area contributed by atoms with Gasteiger partial charge in [0, 0.05) is 19.1 Å². The van der Waals surface area contributed by atoms with Crippen LogP contribution in [0, 0.1) is 11.8 Å². The SMILES string of the molecule is CCN(Cc1ccc(OCCN(C)C)cc1)C1C=CC=CC1[C@@H]1CCc2cc(O)ccc2C1. The van der Waals surface area contributed by atoms with Gasteiger partial charge in [0.05, 0.1) is 0 Å². The van der Waals surface area contributed by atoms with Crippen LogP contribution >= 0.6 is 0 Å². The average Bonchev–Trinajstić information content (AvgIpc) is 2.83. The van der Waals surface area contributed by atoms with Crippen LogP contribution in [0.5, 0.6) is 11.5 Å². The Bertz CT molecular complexity index is 964. The molecule has 2 aromatic carbocycles. The number of hydrogen-bond donors (Lipinski definition) is 1. The second kappa shape index (κ2) is 11.0. The van der Waals surface area contributed by atoms with E-state index in [1.807, 2.05) is 12.1 Å². The molecule has 0 fully saturated rings. The number of likely N-dealkylation sites (N-methyl/N-ethyl adjacent to an activating group) is 2. The zero-order chi connectivity index (χ0) is 23.2. The van der Waals surface area contributed by atoms with E-state index in [1.165, 1.54) is 23.1 Å². The molecule has 0 heterocycles. The Morgan fingerprint density at radius 3 is 2.55 bits per heavy atom. The van der Waals surface area contributed by atoms with Gasteiger partial charge in [0.2, 0.25) is 0 Å². The van der Waals surface area contributed by atoms with Gasteiger partial charge in [0.15, 0.2) is 0 Å². The van der Waals surface area contributed by atoms with Crippen LogP contribution in [0.25, 0.3) is 0 Å². The van der Waals surface area contributed by atoms with Gasteiger partial charge in [0.1, 0.15) is 18.1 Å². The van der Waals surface area contributed by atoms with Crippen molar-refractivity contribution in [2.75, 3.05) is 33.8 Å². The third-order valence-corrected chi connectivity index (χ3v) is 7.09. The lowest BCUT2D eigenvalue weighted by Crippen LogP contribution is -2.43. The first-order valence-electron chi connectivity index (χ1n) is 12.3. The zero-order valence-corrected chi connectivity index (χ0v) is 20.3. The first-order valence-corrected chi connectivity index (χ1v) is 12.3. The maximum atomic E-state index is 9.83. The number of phenolic OH excluding ortho intramolecular Hbond substituents is 1. The van der Waals surface area contributed by atoms with Crippen molar-refractivity contribution in [2.45, 2.75) is 38.8 Å². The third kappa shape index (κ3) is 6.07. The summed E-state index contributed by atoms with van der Waals surface area (Å²) in [6, 6.07) is 14.9. The summed E-state index contributed by atoms with van der Waals surface area (Å²) in [5, 5.41) is 9.83. The largest absolute Gasteiger partial charge is 0.508 e. The van der Waals surface area contributed by atoms with Gasteiger partial charge in [-0.3, -0.25) is 4.90 Å². The van der Waals surface area contributed by atoms with E-state index in [-0.39, 0.29) is 0 Å². The molecule has 0 radical (unpaired) electrons. The maximum absolute atomic E-state index is 9.83. The number of aryl methyl sites for hydroxylation is 1. The second-order valence-electron chi connectivity index (χ2n) is 9.65. The summed E-state index contributed by atoms with van der Waals surface area (Å²) in [7, 11) is 4.12. The molecule has 0 saturated heterocycles. The van der Waals surface area contributed by atoms with E-state index in [2.05, 4.69) is 85.5 Å². The van der Waals surface area contributed by atoms with Gasteiger partial charge >= 0.3 is 0 Å². The normalized spacial score (nSPS) is 22.0. The molecule has 4 rings (SSSR count). The lowest BCUT2D eigenvalue weighted by molar-refractivity contribution is 0.154. The standard InChI is InChI=1S/C29H38N2O2/c1-4-31(21-22-9-15-27(16-10-22)33-18-17-30(2)3)29-8-6-5-7-28(29)25-12-11-24-20-26(32)14-13-23(24)19-25/h5-10,13-16,20,25,28-29,32H,4,11-12,17-19,21H2,1-3H3/t25-,28?,29?/m1/s1. The topological polar surface area (TPSA) is 35.9 Å². The minimum atomic E-state index is 0.386. The van der Waals surface area contributed by atoms with Crippen molar-refractivity contribution in [2.24, 2.45) is 11.8 Å². The average molecular weight is 447 g/mol. The second-order valence-corrected chi connectivity index (χ2v) is 9.65. The highest BCUT2D eigenvalue weighted by Gasteiger charge is 2.33. The summed E-state index contributed by atoms with van der Waals surface area (Å²) < 4.78 is 5.86. The highest BCUT2D eigenvalue weighted by Crippen LogP contribution is 2.37. The van der Waals surface area contributed by atoms with E-state index in [9.17, 15) is 5.11 Å². The molecule has 2 aliphatic rings. The molecule has 1 N–H and O–H groups in total. The van der Waals surface area contributed by atoms with Gasteiger partial charge in [-0.25, -0.2) is 0 Å². The molecule has 176 valence electrons. The summed E-state index contributed by atoms with van der Waals surface area (Å²) in [6.45, 7) is 5.84. The molecule has 33 heavy (non-hydrogen) atoms. The Morgan fingerprint density at radius 2 is 1.79 bits per heavy atom.